The fourth-order valence-electron chi connectivity index (χ4n) is 2.63. The molecule has 0 bridgehead atoms. The summed E-state index contributed by atoms with van der Waals surface area (Å²) in [5.74, 6) is 0.0188. The zero-order valence-electron chi connectivity index (χ0n) is 12.0. The monoisotopic (exact) mass is 277 g/mol. The Labute approximate surface area is 120 Å². The third-order valence-corrected chi connectivity index (χ3v) is 3.78. The Morgan fingerprint density at radius 3 is 2.90 bits per heavy atom. The first kappa shape index (κ1) is 14.9. The summed E-state index contributed by atoms with van der Waals surface area (Å²) < 4.78 is 5.09. The van der Waals surface area contributed by atoms with Crippen molar-refractivity contribution in [3.63, 3.8) is 0 Å². The van der Waals surface area contributed by atoms with Crippen LogP contribution in [0.3, 0.4) is 0 Å². The predicted molar refractivity (Wildman–Crippen MR) is 76.8 cm³/mol. The van der Waals surface area contributed by atoms with Gasteiger partial charge < -0.3 is 10.5 Å². The molecule has 0 saturated carbocycles. The highest BCUT2D eigenvalue weighted by Crippen LogP contribution is 2.20. The summed E-state index contributed by atoms with van der Waals surface area (Å²) in [5.41, 5.74) is 7.85. The van der Waals surface area contributed by atoms with Crippen LogP contribution in [-0.4, -0.2) is 35.5 Å². The van der Waals surface area contributed by atoms with Crippen LogP contribution in [0.1, 0.15) is 31.0 Å². The number of carbonyl (C=O) groups is 1. The number of piperidine rings is 1. The molecule has 1 aliphatic heterocycles. The summed E-state index contributed by atoms with van der Waals surface area (Å²) in [6, 6.07) is 4.02. The van der Waals surface area contributed by atoms with Crippen LogP contribution in [0, 0.1) is 5.92 Å². The molecule has 0 unspecified atom stereocenters. The number of aromatic nitrogens is 1. The zero-order valence-corrected chi connectivity index (χ0v) is 12.0. The molecule has 2 rings (SSSR count). The normalized spacial score (nSPS) is 17.1. The van der Waals surface area contributed by atoms with Crippen molar-refractivity contribution in [3.8, 4) is 0 Å². The van der Waals surface area contributed by atoms with Gasteiger partial charge in [0, 0.05) is 19.3 Å². The van der Waals surface area contributed by atoms with Gasteiger partial charge >= 0.3 is 5.97 Å². The number of nitrogens with two attached hydrogens (primary N) is 1. The highest BCUT2D eigenvalue weighted by molar-refractivity contribution is 5.72. The minimum Gasteiger partial charge on any atom is -0.466 e. The van der Waals surface area contributed by atoms with Crippen molar-refractivity contribution >= 4 is 5.97 Å². The molecule has 1 aliphatic rings. The quantitative estimate of drug-likeness (QED) is 0.822. The van der Waals surface area contributed by atoms with E-state index in [2.05, 4.69) is 16.0 Å². The van der Waals surface area contributed by atoms with Crippen LogP contribution in [-0.2, 0) is 22.6 Å². The molecule has 0 atom stereocenters. The van der Waals surface area contributed by atoms with Crippen LogP contribution >= 0.6 is 0 Å². The highest BCUT2D eigenvalue weighted by atomic mass is 16.5. The fourth-order valence-corrected chi connectivity index (χ4v) is 2.63. The van der Waals surface area contributed by atoms with E-state index < -0.39 is 0 Å². The van der Waals surface area contributed by atoms with Gasteiger partial charge in [0.15, 0.2) is 0 Å². The van der Waals surface area contributed by atoms with E-state index in [0.717, 1.165) is 38.2 Å². The van der Waals surface area contributed by atoms with E-state index in [4.69, 9.17) is 10.5 Å². The largest absolute Gasteiger partial charge is 0.466 e. The van der Waals surface area contributed by atoms with Gasteiger partial charge in [0.1, 0.15) is 0 Å². The van der Waals surface area contributed by atoms with Crippen molar-refractivity contribution in [1.29, 1.82) is 0 Å². The van der Waals surface area contributed by atoms with Crippen LogP contribution in [0.2, 0.25) is 0 Å². The fraction of sp³-hybridized carbons (Fsp3) is 0.600. The first-order valence-corrected chi connectivity index (χ1v) is 7.26. The number of carbonyl (C=O) groups excluding carboxylic acids is 1. The number of rotatable bonds is 5. The van der Waals surface area contributed by atoms with Crippen molar-refractivity contribution in [2.45, 2.75) is 32.9 Å². The Morgan fingerprint density at radius 1 is 1.50 bits per heavy atom. The maximum absolute atomic E-state index is 11.7. The van der Waals surface area contributed by atoms with Crippen LogP contribution < -0.4 is 5.73 Å². The molecule has 5 nitrogen and oxygen atoms in total. The summed E-state index contributed by atoms with van der Waals surface area (Å²) in [4.78, 5) is 18.4. The second-order valence-corrected chi connectivity index (χ2v) is 5.12. The molecule has 1 aromatic heterocycles. The lowest BCUT2D eigenvalue weighted by Gasteiger charge is -2.31. The number of likely N-dealkylation sites (tertiary alicyclic amines) is 1. The van der Waals surface area contributed by atoms with E-state index >= 15 is 0 Å². The van der Waals surface area contributed by atoms with E-state index in [1.54, 1.807) is 6.20 Å². The average Bonchev–Trinajstić information content (AvgIpc) is 2.49. The van der Waals surface area contributed by atoms with E-state index in [1.165, 1.54) is 5.56 Å². The molecule has 0 radical (unpaired) electrons. The predicted octanol–water partition coefficient (Wildman–Crippen LogP) is 1.32. The maximum atomic E-state index is 11.7. The molecule has 1 saturated heterocycles. The average molecular weight is 277 g/mol. The molecular weight excluding hydrogens is 254 g/mol. The van der Waals surface area contributed by atoms with Gasteiger partial charge in [0.05, 0.1) is 18.2 Å². The summed E-state index contributed by atoms with van der Waals surface area (Å²) in [7, 11) is 0. The third kappa shape index (κ3) is 3.77. The molecule has 1 fully saturated rings. The van der Waals surface area contributed by atoms with Crippen LogP contribution in [0.4, 0.5) is 0 Å². The van der Waals surface area contributed by atoms with Gasteiger partial charge in [-0.15, -0.1) is 0 Å². The number of nitrogens with zero attached hydrogens (tertiary/aromatic N) is 2. The van der Waals surface area contributed by atoms with Gasteiger partial charge in [-0.25, -0.2) is 0 Å². The number of hydrogen-bond acceptors (Lipinski definition) is 5. The van der Waals surface area contributed by atoms with Crippen molar-refractivity contribution in [2.24, 2.45) is 11.7 Å². The minimum atomic E-state index is -0.0452. The van der Waals surface area contributed by atoms with Gasteiger partial charge in [-0.1, -0.05) is 6.07 Å². The molecule has 0 spiro atoms. The number of esters is 1. The second kappa shape index (κ2) is 7.36. The molecule has 0 aliphatic carbocycles. The topological polar surface area (TPSA) is 68.5 Å². The molecule has 0 aromatic carbocycles. The second-order valence-electron chi connectivity index (χ2n) is 5.12. The molecule has 20 heavy (non-hydrogen) atoms. The van der Waals surface area contributed by atoms with Gasteiger partial charge in [-0.05, 0) is 44.5 Å². The molecule has 2 heterocycles. The number of ether oxygens (including phenoxy) is 1. The van der Waals surface area contributed by atoms with Crippen LogP contribution in [0.25, 0.3) is 0 Å². The summed E-state index contributed by atoms with van der Waals surface area (Å²) >= 11 is 0. The van der Waals surface area contributed by atoms with E-state index in [9.17, 15) is 4.79 Å². The Bertz CT molecular complexity index is 442. The summed E-state index contributed by atoms with van der Waals surface area (Å²) in [6.07, 6.45) is 3.52. The smallest absolute Gasteiger partial charge is 0.309 e. The van der Waals surface area contributed by atoms with Gasteiger partial charge in [0.25, 0.3) is 0 Å². The first-order chi connectivity index (χ1) is 9.74. The van der Waals surface area contributed by atoms with E-state index in [-0.39, 0.29) is 11.9 Å². The standard InChI is InChI=1S/C15H23N3O2/c1-2-20-15(19)12-5-8-18(9-6-12)11-13-4-3-7-17-14(13)10-16/h3-4,7,12H,2,5-6,8-11,16H2,1H3. The molecule has 5 heteroatoms. The zero-order chi connectivity index (χ0) is 14.4. The number of pyridine rings is 1. The Balaban J connectivity index is 1.87. The minimum absolute atomic E-state index is 0.0452. The highest BCUT2D eigenvalue weighted by Gasteiger charge is 2.26. The summed E-state index contributed by atoms with van der Waals surface area (Å²) in [5, 5.41) is 0. The Kier molecular flexibility index (Phi) is 5.49. The first-order valence-electron chi connectivity index (χ1n) is 7.26. The molecule has 2 N–H and O–H groups in total. The number of hydrogen-bond donors (Lipinski definition) is 1. The van der Waals surface area contributed by atoms with Crippen LogP contribution in [0.15, 0.2) is 18.3 Å². The Hall–Kier alpha value is -1.46. The van der Waals surface area contributed by atoms with Gasteiger partial charge in [0.2, 0.25) is 0 Å². The lowest BCUT2D eigenvalue weighted by atomic mass is 9.96. The lowest BCUT2D eigenvalue weighted by molar-refractivity contribution is -0.149. The SMILES string of the molecule is CCOC(=O)C1CCN(Cc2cccnc2CN)CC1. The van der Waals surface area contributed by atoms with Crippen molar-refractivity contribution in [1.82, 2.24) is 9.88 Å². The molecule has 1 aromatic rings. The van der Waals surface area contributed by atoms with Crippen LogP contribution in [0.5, 0.6) is 0 Å². The molecular formula is C15H23N3O2. The van der Waals surface area contributed by atoms with E-state index in [0.29, 0.717) is 13.2 Å². The third-order valence-electron chi connectivity index (χ3n) is 3.78. The maximum Gasteiger partial charge on any atom is 0.309 e. The van der Waals surface area contributed by atoms with E-state index in [1.807, 2.05) is 13.0 Å². The Morgan fingerprint density at radius 2 is 2.25 bits per heavy atom. The van der Waals surface area contributed by atoms with Gasteiger partial charge in [-0.3, -0.25) is 14.7 Å². The molecule has 110 valence electrons. The lowest BCUT2D eigenvalue weighted by Crippen LogP contribution is -2.36. The van der Waals surface area contributed by atoms with Crippen molar-refractivity contribution in [3.05, 3.63) is 29.6 Å². The summed E-state index contributed by atoms with van der Waals surface area (Å²) in [6.45, 7) is 5.48. The van der Waals surface area contributed by atoms with Crippen molar-refractivity contribution in [2.75, 3.05) is 19.7 Å². The van der Waals surface area contributed by atoms with Crippen molar-refractivity contribution < 1.29 is 9.53 Å². The molecule has 0 amide bonds. The van der Waals surface area contributed by atoms with Gasteiger partial charge in [-0.2, -0.15) is 0 Å².